The van der Waals surface area contributed by atoms with E-state index in [9.17, 15) is 4.79 Å². The van der Waals surface area contributed by atoms with Gasteiger partial charge in [-0.05, 0) is 49.5 Å². The number of hydrogen-bond acceptors (Lipinski definition) is 6. The number of hydrazone groups is 1. The zero-order valence-electron chi connectivity index (χ0n) is 17.7. The highest BCUT2D eigenvalue weighted by atomic mass is 32.1. The Morgan fingerprint density at radius 3 is 2.69 bits per heavy atom. The lowest BCUT2D eigenvalue weighted by Gasteiger charge is -2.27. The molecular weight excluding hydrogens is 386 g/mol. The zero-order valence-corrected chi connectivity index (χ0v) is 18.5. The number of benzene rings is 1. The maximum atomic E-state index is 13.2. The molecule has 2 atom stereocenters. The van der Waals surface area contributed by atoms with Crippen LogP contribution in [0.2, 0.25) is 0 Å². The van der Waals surface area contributed by atoms with Crippen molar-refractivity contribution in [2.24, 2.45) is 5.10 Å². The Morgan fingerprint density at radius 1 is 1.31 bits per heavy atom. The lowest BCUT2D eigenvalue weighted by molar-refractivity contribution is -0.134. The summed E-state index contributed by atoms with van der Waals surface area (Å²) in [5, 5.41) is 8.42. The van der Waals surface area contributed by atoms with Crippen molar-refractivity contribution < 1.29 is 14.3 Å². The van der Waals surface area contributed by atoms with Crippen LogP contribution in [0.5, 0.6) is 11.5 Å². The molecule has 2 heterocycles. The number of hydrogen-bond donors (Lipinski definition) is 0. The highest BCUT2D eigenvalue weighted by Crippen LogP contribution is 2.37. The Kier molecular flexibility index (Phi) is 6.92. The van der Waals surface area contributed by atoms with Crippen LogP contribution in [-0.4, -0.2) is 55.4 Å². The number of carbonyl (C=O) groups is 1. The first-order valence-corrected chi connectivity index (χ1v) is 10.7. The molecule has 1 aromatic heterocycles. The topological polar surface area (TPSA) is 54.4 Å². The van der Waals surface area contributed by atoms with Gasteiger partial charge in [0.2, 0.25) is 0 Å². The normalized spacial score (nSPS) is 17.4. The van der Waals surface area contributed by atoms with Crippen molar-refractivity contribution in [3.05, 3.63) is 46.2 Å². The molecule has 0 spiro atoms. The number of carbonyl (C=O) groups excluding carboxylic acids is 1. The minimum Gasteiger partial charge on any atom is -0.493 e. The number of amides is 1. The summed E-state index contributed by atoms with van der Waals surface area (Å²) < 4.78 is 10.8. The predicted molar refractivity (Wildman–Crippen MR) is 117 cm³/mol. The van der Waals surface area contributed by atoms with E-state index in [-0.39, 0.29) is 11.9 Å². The van der Waals surface area contributed by atoms with Crippen LogP contribution >= 0.6 is 11.3 Å². The van der Waals surface area contributed by atoms with Gasteiger partial charge >= 0.3 is 0 Å². The fraction of sp³-hybridized carbons (Fsp3) is 0.455. The number of rotatable bonds is 8. The third kappa shape index (κ3) is 4.62. The Morgan fingerprint density at radius 2 is 2.07 bits per heavy atom. The average Bonchev–Trinajstić information content (AvgIpc) is 3.42. The lowest BCUT2D eigenvalue weighted by Crippen LogP contribution is -2.40. The molecule has 2 unspecified atom stereocenters. The van der Waals surface area contributed by atoms with Gasteiger partial charge in [-0.1, -0.05) is 19.1 Å². The standard InChI is InChI=1S/C22H29N3O3S/c1-6-15(2)24(3)14-22(26)25-18(13-17(23-25)21-8-7-11-29-21)16-9-10-19(27-4)20(12-16)28-5/h7-12,15,18H,6,13-14H2,1-5H3. The number of ether oxygens (including phenoxy) is 2. The summed E-state index contributed by atoms with van der Waals surface area (Å²) in [5.41, 5.74) is 1.93. The molecule has 0 saturated heterocycles. The second-order valence-corrected chi connectivity index (χ2v) is 8.22. The minimum absolute atomic E-state index is 0.000795. The third-order valence-corrected chi connectivity index (χ3v) is 6.41. The summed E-state index contributed by atoms with van der Waals surface area (Å²) in [6.07, 6.45) is 1.67. The molecule has 0 aliphatic carbocycles. The summed E-state index contributed by atoms with van der Waals surface area (Å²) in [6, 6.07) is 10.0. The van der Waals surface area contributed by atoms with E-state index in [2.05, 4.69) is 24.8 Å². The maximum absolute atomic E-state index is 13.2. The molecule has 0 bridgehead atoms. The van der Waals surface area contributed by atoms with Crippen molar-refractivity contribution in [3.63, 3.8) is 0 Å². The fourth-order valence-corrected chi connectivity index (χ4v) is 4.13. The maximum Gasteiger partial charge on any atom is 0.257 e. The summed E-state index contributed by atoms with van der Waals surface area (Å²) in [6.45, 7) is 4.59. The SMILES string of the molecule is CCC(C)N(C)CC(=O)N1N=C(c2cccs2)CC1c1ccc(OC)c(OC)c1. The first-order chi connectivity index (χ1) is 14.0. The molecule has 1 amide bonds. The van der Waals surface area contributed by atoms with Gasteiger partial charge in [0.15, 0.2) is 11.5 Å². The third-order valence-electron chi connectivity index (χ3n) is 5.49. The van der Waals surface area contributed by atoms with Gasteiger partial charge in [0.05, 0.1) is 37.4 Å². The van der Waals surface area contributed by atoms with Crippen LogP contribution in [0, 0.1) is 0 Å². The molecule has 6 nitrogen and oxygen atoms in total. The summed E-state index contributed by atoms with van der Waals surface area (Å²) in [5.74, 6) is 1.32. The van der Waals surface area contributed by atoms with Gasteiger partial charge in [0.1, 0.15) is 0 Å². The molecule has 3 rings (SSSR count). The van der Waals surface area contributed by atoms with E-state index in [1.54, 1.807) is 30.6 Å². The van der Waals surface area contributed by atoms with Crippen LogP contribution in [0.4, 0.5) is 0 Å². The van der Waals surface area contributed by atoms with Gasteiger partial charge in [-0.3, -0.25) is 9.69 Å². The molecule has 1 aromatic carbocycles. The molecule has 0 saturated carbocycles. The van der Waals surface area contributed by atoms with E-state index >= 15 is 0 Å². The van der Waals surface area contributed by atoms with Gasteiger partial charge < -0.3 is 9.47 Å². The molecule has 0 fully saturated rings. The Balaban J connectivity index is 1.91. The van der Waals surface area contributed by atoms with Crippen LogP contribution < -0.4 is 9.47 Å². The van der Waals surface area contributed by atoms with Gasteiger partial charge in [-0.15, -0.1) is 11.3 Å². The Hall–Kier alpha value is -2.38. The van der Waals surface area contributed by atoms with Gasteiger partial charge in [-0.25, -0.2) is 5.01 Å². The number of methoxy groups -OCH3 is 2. The van der Waals surface area contributed by atoms with Crippen LogP contribution in [0.3, 0.4) is 0 Å². The summed E-state index contributed by atoms with van der Waals surface area (Å²) >= 11 is 1.64. The molecule has 1 aliphatic heterocycles. The summed E-state index contributed by atoms with van der Waals surface area (Å²) in [4.78, 5) is 16.4. The number of nitrogens with zero attached hydrogens (tertiary/aromatic N) is 3. The van der Waals surface area contributed by atoms with E-state index in [1.807, 2.05) is 36.7 Å². The molecule has 0 radical (unpaired) electrons. The van der Waals surface area contributed by atoms with E-state index in [0.717, 1.165) is 22.6 Å². The van der Waals surface area contributed by atoms with Crippen molar-refractivity contribution >= 4 is 23.0 Å². The quantitative estimate of drug-likeness (QED) is 0.649. The molecule has 156 valence electrons. The van der Waals surface area contributed by atoms with E-state index in [1.165, 1.54) is 0 Å². The number of likely N-dealkylation sites (N-methyl/N-ethyl adjacent to an activating group) is 1. The first-order valence-electron chi connectivity index (χ1n) is 9.84. The predicted octanol–water partition coefficient (Wildman–Crippen LogP) is 4.17. The Labute approximate surface area is 176 Å². The number of thiophene rings is 1. The zero-order chi connectivity index (χ0) is 21.0. The largest absolute Gasteiger partial charge is 0.493 e. The Bertz CT molecular complexity index is 866. The first kappa shape index (κ1) is 21.3. The van der Waals surface area contributed by atoms with Crippen LogP contribution in [0.25, 0.3) is 0 Å². The molecule has 29 heavy (non-hydrogen) atoms. The second-order valence-electron chi connectivity index (χ2n) is 7.27. The van der Waals surface area contributed by atoms with Crippen LogP contribution in [0.1, 0.15) is 43.2 Å². The van der Waals surface area contributed by atoms with Crippen molar-refractivity contribution in [2.75, 3.05) is 27.8 Å². The second kappa shape index (κ2) is 9.41. The van der Waals surface area contributed by atoms with E-state index in [4.69, 9.17) is 14.6 Å². The minimum atomic E-state index is -0.162. The smallest absolute Gasteiger partial charge is 0.257 e. The van der Waals surface area contributed by atoms with Crippen molar-refractivity contribution in [3.8, 4) is 11.5 Å². The van der Waals surface area contributed by atoms with Gasteiger partial charge in [-0.2, -0.15) is 5.10 Å². The highest BCUT2D eigenvalue weighted by molar-refractivity contribution is 7.12. The molecule has 0 N–H and O–H groups in total. The van der Waals surface area contributed by atoms with E-state index < -0.39 is 0 Å². The molecular formula is C22H29N3O3S. The van der Waals surface area contributed by atoms with Gasteiger partial charge in [0.25, 0.3) is 5.91 Å². The monoisotopic (exact) mass is 415 g/mol. The molecule has 1 aliphatic rings. The van der Waals surface area contributed by atoms with E-state index in [0.29, 0.717) is 30.5 Å². The highest BCUT2D eigenvalue weighted by Gasteiger charge is 2.34. The van der Waals surface area contributed by atoms with Crippen molar-refractivity contribution in [1.82, 2.24) is 9.91 Å². The molecule has 2 aromatic rings. The van der Waals surface area contributed by atoms with Crippen LogP contribution in [0.15, 0.2) is 40.8 Å². The molecule has 7 heteroatoms. The van der Waals surface area contributed by atoms with Crippen molar-refractivity contribution in [1.29, 1.82) is 0 Å². The van der Waals surface area contributed by atoms with Crippen molar-refractivity contribution in [2.45, 2.75) is 38.8 Å². The fourth-order valence-electron chi connectivity index (χ4n) is 3.40. The van der Waals surface area contributed by atoms with Crippen LogP contribution in [-0.2, 0) is 4.79 Å². The summed E-state index contributed by atoms with van der Waals surface area (Å²) in [7, 11) is 5.22. The van der Waals surface area contributed by atoms with Gasteiger partial charge in [0, 0.05) is 12.5 Å². The lowest BCUT2D eigenvalue weighted by atomic mass is 10.0. The average molecular weight is 416 g/mol.